The van der Waals surface area contributed by atoms with Crippen LogP contribution in [-0.4, -0.2) is 29.2 Å². The molecule has 0 aliphatic heterocycles. The summed E-state index contributed by atoms with van der Waals surface area (Å²) < 4.78 is 5.71. The molecular weight excluding hydrogens is 240 g/mol. The molecule has 0 heterocycles. The Labute approximate surface area is 116 Å². The summed E-state index contributed by atoms with van der Waals surface area (Å²) in [5.41, 5.74) is 0.847. The molecule has 3 heteroatoms. The van der Waals surface area contributed by atoms with E-state index in [1.54, 1.807) is 7.11 Å². The summed E-state index contributed by atoms with van der Waals surface area (Å²) in [5.74, 6) is 0.566. The van der Waals surface area contributed by atoms with Crippen LogP contribution in [0.5, 0.6) is 0 Å². The molecule has 0 aromatic carbocycles. The maximum Gasteiger partial charge on any atom is 0.161 e. The lowest BCUT2D eigenvalue weighted by atomic mass is 9.76. The lowest BCUT2D eigenvalue weighted by Gasteiger charge is -2.37. The number of carbonyl (C=O) groups is 1. The second kappa shape index (κ2) is 4.71. The topological polar surface area (TPSA) is 46.5 Å². The molecule has 2 aliphatic rings. The van der Waals surface area contributed by atoms with Gasteiger partial charge in [0, 0.05) is 13.5 Å². The zero-order valence-electron chi connectivity index (χ0n) is 12.7. The van der Waals surface area contributed by atoms with Crippen molar-refractivity contribution in [1.29, 1.82) is 0 Å². The van der Waals surface area contributed by atoms with Crippen LogP contribution in [0.3, 0.4) is 0 Å². The SMILES string of the molecule is COC1(C)CC(=O)C(=C(C)C)CC2C1CCC2(C)O. The summed E-state index contributed by atoms with van der Waals surface area (Å²) in [6.07, 6.45) is 2.86. The number of hydrogen-bond acceptors (Lipinski definition) is 3. The molecule has 2 rings (SSSR count). The Morgan fingerprint density at radius 2 is 1.95 bits per heavy atom. The van der Waals surface area contributed by atoms with Crippen molar-refractivity contribution in [3.63, 3.8) is 0 Å². The third-order valence-electron chi connectivity index (χ3n) is 5.37. The van der Waals surface area contributed by atoms with Crippen molar-refractivity contribution in [2.24, 2.45) is 11.8 Å². The average molecular weight is 266 g/mol. The Morgan fingerprint density at radius 1 is 1.32 bits per heavy atom. The Hall–Kier alpha value is -0.670. The highest BCUT2D eigenvalue weighted by molar-refractivity contribution is 5.97. The van der Waals surface area contributed by atoms with E-state index in [0.717, 1.165) is 24.0 Å². The zero-order chi connectivity index (χ0) is 14.4. The second-order valence-electron chi connectivity index (χ2n) is 6.91. The highest BCUT2D eigenvalue weighted by Gasteiger charge is 2.54. The number of ketones is 1. The van der Waals surface area contributed by atoms with Crippen LogP contribution in [0.2, 0.25) is 0 Å². The summed E-state index contributed by atoms with van der Waals surface area (Å²) >= 11 is 0. The van der Waals surface area contributed by atoms with Crippen molar-refractivity contribution in [2.75, 3.05) is 7.11 Å². The molecule has 1 N–H and O–H groups in total. The minimum absolute atomic E-state index is 0.119. The molecule has 19 heavy (non-hydrogen) atoms. The lowest BCUT2D eigenvalue weighted by molar-refractivity contribution is -0.124. The van der Waals surface area contributed by atoms with Crippen LogP contribution in [0.15, 0.2) is 11.1 Å². The van der Waals surface area contributed by atoms with Crippen molar-refractivity contribution in [1.82, 2.24) is 0 Å². The summed E-state index contributed by atoms with van der Waals surface area (Å²) in [4.78, 5) is 12.5. The Balaban J connectivity index is 2.47. The Morgan fingerprint density at radius 3 is 2.47 bits per heavy atom. The lowest BCUT2D eigenvalue weighted by Crippen LogP contribution is -2.42. The molecule has 0 spiro atoms. The Kier molecular flexibility index (Phi) is 3.65. The van der Waals surface area contributed by atoms with Gasteiger partial charge in [-0.3, -0.25) is 4.79 Å². The molecule has 108 valence electrons. The number of methoxy groups -OCH3 is 1. The van der Waals surface area contributed by atoms with Gasteiger partial charge in [0.25, 0.3) is 0 Å². The van der Waals surface area contributed by atoms with E-state index in [4.69, 9.17) is 4.74 Å². The van der Waals surface area contributed by atoms with Gasteiger partial charge in [-0.1, -0.05) is 5.57 Å². The smallest absolute Gasteiger partial charge is 0.161 e. The van der Waals surface area contributed by atoms with Gasteiger partial charge in [0.15, 0.2) is 5.78 Å². The molecule has 4 unspecified atom stereocenters. The highest BCUT2D eigenvalue weighted by atomic mass is 16.5. The van der Waals surface area contributed by atoms with E-state index in [2.05, 4.69) is 0 Å². The summed E-state index contributed by atoms with van der Waals surface area (Å²) in [6, 6.07) is 0. The Bertz CT molecular complexity index is 418. The third kappa shape index (κ3) is 2.38. The minimum Gasteiger partial charge on any atom is -0.390 e. The molecule has 3 nitrogen and oxygen atoms in total. The van der Waals surface area contributed by atoms with E-state index in [1.807, 2.05) is 27.7 Å². The largest absolute Gasteiger partial charge is 0.390 e. The maximum absolute atomic E-state index is 12.5. The van der Waals surface area contributed by atoms with Crippen LogP contribution >= 0.6 is 0 Å². The summed E-state index contributed by atoms with van der Waals surface area (Å²) in [7, 11) is 1.69. The predicted molar refractivity (Wildman–Crippen MR) is 74.9 cm³/mol. The quantitative estimate of drug-likeness (QED) is 0.742. The minimum atomic E-state index is -0.685. The van der Waals surface area contributed by atoms with Crippen molar-refractivity contribution < 1.29 is 14.6 Å². The third-order valence-corrected chi connectivity index (χ3v) is 5.37. The van der Waals surface area contributed by atoms with Gasteiger partial charge in [-0.2, -0.15) is 0 Å². The maximum atomic E-state index is 12.5. The fraction of sp³-hybridized carbons (Fsp3) is 0.812. The molecule has 0 saturated heterocycles. The number of ether oxygens (including phenoxy) is 1. The van der Waals surface area contributed by atoms with E-state index in [1.165, 1.54) is 0 Å². The highest BCUT2D eigenvalue weighted by Crippen LogP contribution is 2.52. The fourth-order valence-electron chi connectivity index (χ4n) is 3.96. The number of allylic oxidation sites excluding steroid dienone is 2. The molecular formula is C16H26O3. The van der Waals surface area contributed by atoms with Gasteiger partial charge in [-0.15, -0.1) is 0 Å². The van der Waals surface area contributed by atoms with Crippen LogP contribution in [0.25, 0.3) is 0 Å². The average Bonchev–Trinajstić information content (AvgIpc) is 2.54. The molecule has 2 fully saturated rings. The van der Waals surface area contributed by atoms with Crippen LogP contribution in [-0.2, 0) is 9.53 Å². The van der Waals surface area contributed by atoms with Gasteiger partial charge < -0.3 is 9.84 Å². The van der Waals surface area contributed by atoms with Gasteiger partial charge in [0.2, 0.25) is 0 Å². The van der Waals surface area contributed by atoms with E-state index < -0.39 is 11.2 Å². The van der Waals surface area contributed by atoms with Gasteiger partial charge in [0.05, 0.1) is 11.2 Å². The zero-order valence-corrected chi connectivity index (χ0v) is 12.7. The molecule has 2 saturated carbocycles. The number of hydrogen-bond donors (Lipinski definition) is 1. The first-order valence-electron chi connectivity index (χ1n) is 7.18. The first-order valence-corrected chi connectivity index (χ1v) is 7.18. The molecule has 0 aromatic rings. The predicted octanol–water partition coefficient (Wildman–Crippen LogP) is 2.87. The van der Waals surface area contributed by atoms with Crippen molar-refractivity contribution >= 4 is 5.78 Å². The molecule has 0 amide bonds. The van der Waals surface area contributed by atoms with E-state index in [0.29, 0.717) is 12.8 Å². The van der Waals surface area contributed by atoms with Gasteiger partial charge in [0.1, 0.15) is 0 Å². The number of carbonyl (C=O) groups excluding carboxylic acids is 1. The van der Waals surface area contributed by atoms with Crippen LogP contribution in [0.1, 0.15) is 53.4 Å². The molecule has 0 bridgehead atoms. The summed E-state index contributed by atoms with van der Waals surface area (Å²) in [6.45, 7) is 7.91. The summed E-state index contributed by atoms with van der Waals surface area (Å²) in [5, 5.41) is 10.6. The second-order valence-corrected chi connectivity index (χ2v) is 6.91. The fourth-order valence-corrected chi connectivity index (χ4v) is 3.96. The van der Waals surface area contributed by atoms with Crippen LogP contribution < -0.4 is 0 Å². The molecule has 0 aromatic heterocycles. The molecule has 4 atom stereocenters. The van der Waals surface area contributed by atoms with E-state index in [9.17, 15) is 9.90 Å². The molecule has 2 aliphatic carbocycles. The number of aliphatic hydroxyl groups is 1. The first-order chi connectivity index (χ1) is 8.71. The van der Waals surface area contributed by atoms with Crippen molar-refractivity contribution in [2.45, 2.75) is 64.6 Å². The number of rotatable bonds is 1. The van der Waals surface area contributed by atoms with Crippen LogP contribution in [0.4, 0.5) is 0 Å². The van der Waals surface area contributed by atoms with Gasteiger partial charge in [-0.25, -0.2) is 0 Å². The monoisotopic (exact) mass is 266 g/mol. The standard InChI is InChI=1S/C16H26O3/c1-10(2)11-8-13-12(6-7-15(13,3)18)16(4,19-5)9-14(11)17/h12-13,18H,6-9H2,1-5H3. The first kappa shape index (κ1) is 14.7. The normalized spacial score (nSPS) is 43.1. The van der Waals surface area contributed by atoms with E-state index in [-0.39, 0.29) is 17.6 Å². The number of fused-ring (bicyclic) bond motifs is 1. The van der Waals surface area contributed by atoms with Crippen molar-refractivity contribution in [3.05, 3.63) is 11.1 Å². The van der Waals surface area contributed by atoms with E-state index >= 15 is 0 Å². The number of Topliss-reactive ketones (excluding diaryl/α,β-unsaturated/α-hetero) is 1. The van der Waals surface area contributed by atoms with Crippen LogP contribution in [0, 0.1) is 11.8 Å². The van der Waals surface area contributed by atoms with Gasteiger partial charge >= 0.3 is 0 Å². The molecule has 0 radical (unpaired) electrons. The van der Waals surface area contributed by atoms with Gasteiger partial charge in [-0.05, 0) is 64.4 Å². The van der Waals surface area contributed by atoms with Crippen molar-refractivity contribution in [3.8, 4) is 0 Å².